The van der Waals surface area contributed by atoms with Gasteiger partial charge in [0, 0.05) is 65.2 Å². The second-order valence-electron chi connectivity index (χ2n) is 13.8. The molecule has 2 N–H and O–H groups in total. The van der Waals surface area contributed by atoms with Gasteiger partial charge in [-0.2, -0.15) is 0 Å². The highest BCUT2D eigenvalue weighted by Crippen LogP contribution is 2.32. The summed E-state index contributed by atoms with van der Waals surface area (Å²) in [5.74, 6) is -1.60. The van der Waals surface area contributed by atoms with Crippen LogP contribution in [0.1, 0.15) is 102 Å². The van der Waals surface area contributed by atoms with Gasteiger partial charge in [-0.25, -0.2) is 19.0 Å². The van der Waals surface area contributed by atoms with Gasteiger partial charge in [0.05, 0.1) is 5.56 Å². The molecule has 2 aromatic rings. The molecule has 8 heteroatoms. The predicted octanol–water partition coefficient (Wildman–Crippen LogP) is 5.82. The van der Waals surface area contributed by atoms with Crippen molar-refractivity contribution in [3.8, 4) is 11.1 Å². The fourth-order valence-corrected chi connectivity index (χ4v) is 6.61. The summed E-state index contributed by atoms with van der Waals surface area (Å²) in [6, 6.07) is 7.46. The topological polar surface area (TPSA) is 89.6 Å². The Morgan fingerprint density at radius 3 is 1.69 bits per heavy atom. The third kappa shape index (κ3) is 7.42. The number of ether oxygens (including phenoxy) is 2. The first-order chi connectivity index (χ1) is 17.9. The molecule has 2 aliphatic rings. The summed E-state index contributed by atoms with van der Waals surface area (Å²) in [4.78, 5) is 29.8. The number of hydrogen-bond donors (Lipinski definition) is 2. The van der Waals surface area contributed by atoms with Gasteiger partial charge in [-0.15, -0.1) is 0 Å². The van der Waals surface area contributed by atoms with E-state index < -0.39 is 17.8 Å². The number of carbonyl (C=O) groups is 2. The lowest BCUT2D eigenvalue weighted by Crippen LogP contribution is -2.59. The summed E-state index contributed by atoms with van der Waals surface area (Å²) in [6.45, 7) is 16.7. The first kappa shape index (κ1) is 29.2. The van der Waals surface area contributed by atoms with Crippen molar-refractivity contribution in [1.82, 2.24) is 15.6 Å². The molecule has 1 aromatic heterocycles. The summed E-state index contributed by atoms with van der Waals surface area (Å²) in [5, 5.41) is 7.13. The van der Waals surface area contributed by atoms with Gasteiger partial charge < -0.3 is 20.1 Å². The molecule has 0 atom stereocenters. The standard InChI is InChI=1S/C31H42FN3O4/c1-28(2)14-21(15-29(3,4)34-28)38-26(36)19-9-11-23(24(32)13-19)20-10-12-25(33-18-20)27(37)39-22-16-30(5,6)35-31(7,8)17-22/h9-13,18,21-22,34-35H,14-17H2,1-8H3. The first-order valence-corrected chi connectivity index (χ1v) is 13.7. The maximum absolute atomic E-state index is 15.1. The van der Waals surface area contributed by atoms with Crippen LogP contribution in [0.2, 0.25) is 0 Å². The van der Waals surface area contributed by atoms with E-state index in [1.54, 1.807) is 12.1 Å². The SMILES string of the molecule is CC1(C)CC(OC(=O)c2ccc(-c3ccc(C(=O)OC4CC(C)(C)NC(C)(C)C4)nc3)c(F)c2)CC(C)(C)N1. The van der Waals surface area contributed by atoms with Crippen molar-refractivity contribution in [2.45, 2.75) is 115 Å². The molecule has 0 saturated carbocycles. The van der Waals surface area contributed by atoms with E-state index >= 15 is 4.39 Å². The van der Waals surface area contributed by atoms with E-state index in [1.165, 1.54) is 24.4 Å². The Morgan fingerprint density at radius 1 is 0.769 bits per heavy atom. The van der Waals surface area contributed by atoms with Crippen LogP contribution in [-0.2, 0) is 9.47 Å². The minimum absolute atomic E-state index is 0.152. The average Bonchev–Trinajstić information content (AvgIpc) is 2.74. The van der Waals surface area contributed by atoms with E-state index in [9.17, 15) is 9.59 Å². The molecule has 7 nitrogen and oxygen atoms in total. The van der Waals surface area contributed by atoms with Gasteiger partial charge in [-0.1, -0.05) is 12.1 Å². The lowest BCUT2D eigenvalue weighted by Gasteiger charge is -2.45. The Labute approximate surface area is 231 Å². The lowest BCUT2D eigenvalue weighted by molar-refractivity contribution is -0.00795. The van der Waals surface area contributed by atoms with Gasteiger partial charge in [0.15, 0.2) is 0 Å². The van der Waals surface area contributed by atoms with Crippen LogP contribution in [0, 0.1) is 5.82 Å². The minimum atomic E-state index is -0.563. The van der Waals surface area contributed by atoms with Crippen molar-refractivity contribution in [1.29, 1.82) is 0 Å². The number of aromatic nitrogens is 1. The molecule has 0 radical (unpaired) electrons. The maximum Gasteiger partial charge on any atom is 0.357 e. The molecule has 0 bridgehead atoms. The predicted molar refractivity (Wildman–Crippen MR) is 149 cm³/mol. The van der Waals surface area contributed by atoms with Gasteiger partial charge in [-0.3, -0.25) is 0 Å². The van der Waals surface area contributed by atoms with Crippen LogP contribution >= 0.6 is 0 Å². The van der Waals surface area contributed by atoms with Crippen LogP contribution in [0.3, 0.4) is 0 Å². The monoisotopic (exact) mass is 539 g/mol. The molecule has 39 heavy (non-hydrogen) atoms. The highest BCUT2D eigenvalue weighted by atomic mass is 19.1. The highest BCUT2D eigenvalue weighted by molar-refractivity contribution is 5.90. The molecule has 3 heterocycles. The highest BCUT2D eigenvalue weighted by Gasteiger charge is 2.40. The van der Waals surface area contributed by atoms with Crippen LogP contribution in [0.5, 0.6) is 0 Å². The molecule has 2 fully saturated rings. The van der Waals surface area contributed by atoms with Crippen molar-refractivity contribution in [2.24, 2.45) is 0 Å². The van der Waals surface area contributed by atoms with E-state index in [4.69, 9.17) is 9.47 Å². The number of halogens is 1. The Balaban J connectivity index is 1.41. The van der Waals surface area contributed by atoms with Crippen LogP contribution in [-0.4, -0.2) is 51.3 Å². The van der Waals surface area contributed by atoms with Gasteiger partial charge in [0.25, 0.3) is 0 Å². The van der Waals surface area contributed by atoms with E-state index in [0.29, 0.717) is 31.2 Å². The zero-order valence-electron chi connectivity index (χ0n) is 24.4. The number of carbonyl (C=O) groups excluding carboxylic acids is 2. The second kappa shape index (κ2) is 10.3. The second-order valence-corrected chi connectivity index (χ2v) is 13.8. The Kier molecular flexibility index (Phi) is 7.69. The van der Waals surface area contributed by atoms with E-state index in [-0.39, 0.29) is 51.2 Å². The summed E-state index contributed by atoms with van der Waals surface area (Å²) in [5.41, 5.74) is 0.456. The molecule has 0 amide bonds. The molecule has 4 rings (SSSR count). The molecule has 1 aromatic carbocycles. The maximum atomic E-state index is 15.1. The molecule has 2 saturated heterocycles. The van der Waals surface area contributed by atoms with Crippen LogP contribution in [0.15, 0.2) is 36.5 Å². The number of hydrogen-bond acceptors (Lipinski definition) is 7. The molecular weight excluding hydrogens is 497 g/mol. The number of benzene rings is 1. The zero-order valence-corrected chi connectivity index (χ0v) is 24.4. The Bertz CT molecular complexity index is 1200. The van der Waals surface area contributed by atoms with Crippen LogP contribution in [0.4, 0.5) is 4.39 Å². The van der Waals surface area contributed by atoms with Gasteiger partial charge in [0.2, 0.25) is 0 Å². The summed E-state index contributed by atoms with van der Waals surface area (Å²) in [6.07, 6.45) is 3.72. The lowest BCUT2D eigenvalue weighted by atomic mass is 9.81. The number of nitrogens with one attached hydrogen (secondary N) is 2. The van der Waals surface area contributed by atoms with Crippen molar-refractivity contribution in [3.63, 3.8) is 0 Å². The van der Waals surface area contributed by atoms with Gasteiger partial charge in [-0.05, 0) is 73.6 Å². The molecular formula is C31H42FN3O4. The third-order valence-corrected chi connectivity index (χ3v) is 7.34. The van der Waals surface area contributed by atoms with Crippen molar-refractivity contribution < 1.29 is 23.5 Å². The quantitative estimate of drug-likeness (QED) is 0.463. The molecule has 0 spiro atoms. The number of rotatable bonds is 5. The summed E-state index contributed by atoms with van der Waals surface area (Å²) >= 11 is 0. The van der Waals surface area contributed by atoms with Crippen LogP contribution < -0.4 is 10.6 Å². The molecule has 0 aliphatic carbocycles. The third-order valence-electron chi connectivity index (χ3n) is 7.34. The van der Waals surface area contributed by atoms with Gasteiger partial charge in [0.1, 0.15) is 23.7 Å². The average molecular weight is 540 g/mol. The van der Waals surface area contributed by atoms with Crippen molar-refractivity contribution in [2.75, 3.05) is 0 Å². The van der Waals surface area contributed by atoms with E-state index in [0.717, 1.165) is 0 Å². The number of piperidine rings is 2. The minimum Gasteiger partial charge on any atom is -0.459 e. The zero-order chi connectivity index (χ0) is 28.8. The molecule has 212 valence electrons. The largest absolute Gasteiger partial charge is 0.459 e. The fourth-order valence-electron chi connectivity index (χ4n) is 6.61. The number of esters is 2. The first-order valence-electron chi connectivity index (χ1n) is 13.7. The fraction of sp³-hybridized carbons (Fsp3) is 0.581. The Morgan fingerprint density at radius 2 is 1.26 bits per heavy atom. The Hall–Kier alpha value is -2.84. The van der Waals surface area contributed by atoms with Gasteiger partial charge >= 0.3 is 11.9 Å². The van der Waals surface area contributed by atoms with Crippen molar-refractivity contribution in [3.05, 3.63) is 53.6 Å². The van der Waals surface area contributed by atoms with E-state index in [1.807, 2.05) is 0 Å². The normalized spacial score (nSPS) is 22.2. The van der Waals surface area contributed by atoms with Crippen molar-refractivity contribution >= 4 is 11.9 Å². The number of nitrogens with zero attached hydrogens (tertiary/aromatic N) is 1. The summed E-state index contributed by atoms with van der Waals surface area (Å²) < 4.78 is 26.6. The summed E-state index contributed by atoms with van der Waals surface area (Å²) in [7, 11) is 0. The smallest absolute Gasteiger partial charge is 0.357 e. The van der Waals surface area contributed by atoms with Crippen LogP contribution in [0.25, 0.3) is 11.1 Å². The van der Waals surface area contributed by atoms with E-state index in [2.05, 4.69) is 71.0 Å². The molecule has 2 aliphatic heterocycles. The number of pyridine rings is 1. The molecule has 0 unspecified atom stereocenters.